The van der Waals surface area contributed by atoms with Crippen molar-refractivity contribution in [2.75, 3.05) is 32.8 Å². The van der Waals surface area contributed by atoms with Gasteiger partial charge in [-0.2, -0.15) is 0 Å². The van der Waals surface area contributed by atoms with Gasteiger partial charge < -0.3 is 19.5 Å². The molecule has 1 aromatic heterocycles. The van der Waals surface area contributed by atoms with E-state index < -0.39 is 17.8 Å². The van der Waals surface area contributed by atoms with Crippen LogP contribution < -0.4 is 0 Å². The molecule has 0 bridgehead atoms. The van der Waals surface area contributed by atoms with Crippen LogP contribution in [0.2, 0.25) is 5.02 Å². The van der Waals surface area contributed by atoms with Gasteiger partial charge in [0.1, 0.15) is 0 Å². The molecule has 2 aromatic rings. The van der Waals surface area contributed by atoms with E-state index in [2.05, 4.69) is 4.98 Å². The van der Waals surface area contributed by atoms with Crippen LogP contribution in [0, 0.1) is 0 Å². The number of H-pyrrole nitrogens is 1. The summed E-state index contributed by atoms with van der Waals surface area (Å²) in [6.45, 7) is 3.33. The summed E-state index contributed by atoms with van der Waals surface area (Å²) in [7, 11) is 0. The molecule has 1 fully saturated rings. The third kappa shape index (κ3) is 3.46. The smallest absolute Gasteiger partial charge is 0.409 e. The standard InChI is InChI=1S/C17H18ClN3O4/c1-2-25-17(24)21-7-5-20(6-8-21)16(23)15(22)13-10-19-14-4-3-11(18)9-12(13)14/h3-4,9-10,19H,2,5-8H2,1H3. The molecule has 1 saturated heterocycles. The van der Waals surface area contributed by atoms with Crippen molar-refractivity contribution in [2.24, 2.45) is 0 Å². The van der Waals surface area contributed by atoms with Crippen molar-refractivity contribution >= 4 is 40.3 Å². The zero-order valence-corrected chi connectivity index (χ0v) is 14.5. The van der Waals surface area contributed by atoms with Crippen LogP contribution in [0.5, 0.6) is 0 Å². The normalized spacial score (nSPS) is 14.6. The second-order valence-corrected chi connectivity index (χ2v) is 6.14. The van der Waals surface area contributed by atoms with E-state index in [4.69, 9.17) is 16.3 Å². The minimum absolute atomic E-state index is 0.298. The number of nitrogens with one attached hydrogen (secondary N) is 1. The van der Waals surface area contributed by atoms with Gasteiger partial charge in [-0.25, -0.2) is 4.79 Å². The molecule has 8 heteroatoms. The van der Waals surface area contributed by atoms with Crippen LogP contribution in [0.15, 0.2) is 24.4 Å². The van der Waals surface area contributed by atoms with Crippen molar-refractivity contribution in [3.63, 3.8) is 0 Å². The number of hydrogen-bond donors (Lipinski definition) is 1. The van der Waals surface area contributed by atoms with Crippen LogP contribution in [0.4, 0.5) is 4.79 Å². The Kier molecular flexibility index (Phi) is 4.94. The van der Waals surface area contributed by atoms with Crippen LogP contribution in [0.1, 0.15) is 17.3 Å². The zero-order valence-electron chi connectivity index (χ0n) is 13.8. The van der Waals surface area contributed by atoms with Gasteiger partial charge in [-0.05, 0) is 25.1 Å². The first kappa shape index (κ1) is 17.3. The molecular formula is C17H18ClN3O4. The number of amides is 2. The van der Waals surface area contributed by atoms with E-state index in [0.717, 1.165) is 5.52 Å². The summed E-state index contributed by atoms with van der Waals surface area (Å²) < 4.78 is 4.94. The minimum Gasteiger partial charge on any atom is -0.450 e. The topological polar surface area (TPSA) is 82.7 Å². The number of hydrogen-bond acceptors (Lipinski definition) is 4. The van der Waals surface area contributed by atoms with Crippen molar-refractivity contribution < 1.29 is 19.1 Å². The molecule has 0 radical (unpaired) electrons. The molecule has 1 aliphatic rings. The largest absolute Gasteiger partial charge is 0.450 e. The average Bonchev–Trinajstić information content (AvgIpc) is 3.03. The summed E-state index contributed by atoms with van der Waals surface area (Å²) in [4.78, 5) is 42.8. The molecule has 0 unspecified atom stereocenters. The van der Waals surface area contributed by atoms with Gasteiger partial charge in [0.15, 0.2) is 0 Å². The summed E-state index contributed by atoms with van der Waals surface area (Å²) in [6.07, 6.45) is 1.13. The summed E-state index contributed by atoms with van der Waals surface area (Å²) in [5.74, 6) is -1.16. The molecule has 132 valence electrons. The highest BCUT2D eigenvalue weighted by molar-refractivity contribution is 6.45. The number of benzene rings is 1. The van der Waals surface area contributed by atoms with Crippen LogP contribution in [-0.2, 0) is 9.53 Å². The van der Waals surface area contributed by atoms with E-state index in [-0.39, 0.29) is 0 Å². The SMILES string of the molecule is CCOC(=O)N1CCN(C(=O)C(=O)c2c[nH]c3ccc(Cl)cc23)CC1. The Balaban J connectivity index is 1.70. The number of carbonyl (C=O) groups excluding carboxylic acids is 3. The Morgan fingerprint density at radius 2 is 1.84 bits per heavy atom. The first-order chi connectivity index (χ1) is 12.0. The maximum Gasteiger partial charge on any atom is 0.409 e. The van der Waals surface area contributed by atoms with Crippen LogP contribution in [0.3, 0.4) is 0 Å². The number of carbonyl (C=O) groups is 3. The minimum atomic E-state index is -0.585. The van der Waals surface area contributed by atoms with E-state index in [1.165, 1.54) is 16.0 Å². The van der Waals surface area contributed by atoms with Gasteiger partial charge in [0.05, 0.1) is 12.2 Å². The molecule has 7 nitrogen and oxygen atoms in total. The highest BCUT2D eigenvalue weighted by Crippen LogP contribution is 2.23. The van der Waals surface area contributed by atoms with Gasteiger partial charge in [0, 0.05) is 48.3 Å². The van der Waals surface area contributed by atoms with E-state index in [1.807, 2.05) is 0 Å². The molecule has 0 saturated carbocycles. The van der Waals surface area contributed by atoms with Crippen molar-refractivity contribution in [3.8, 4) is 0 Å². The summed E-state index contributed by atoms with van der Waals surface area (Å²) >= 11 is 5.98. The van der Waals surface area contributed by atoms with Crippen LogP contribution >= 0.6 is 11.6 Å². The second kappa shape index (κ2) is 7.14. The number of fused-ring (bicyclic) bond motifs is 1. The quantitative estimate of drug-likeness (QED) is 0.670. The first-order valence-corrected chi connectivity index (χ1v) is 8.41. The Labute approximate surface area is 149 Å². The fourth-order valence-corrected chi connectivity index (χ4v) is 3.02. The Morgan fingerprint density at radius 3 is 2.52 bits per heavy atom. The Bertz CT molecular complexity index is 824. The fourth-order valence-electron chi connectivity index (χ4n) is 2.85. The molecule has 1 aliphatic heterocycles. The molecule has 0 aliphatic carbocycles. The molecular weight excluding hydrogens is 346 g/mol. The third-order valence-electron chi connectivity index (χ3n) is 4.18. The van der Waals surface area contributed by atoms with Gasteiger partial charge in [0.2, 0.25) is 0 Å². The lowest BCUT2D eigenvalue weighted by Gasteiger charge is -2.33. The Morgan fingerprint density at radius 1 is 1.16 bits per heavy atom. The Hall–Kier alpha value is -2.54. The van der Waals surface area contributed by atoms with E-state index in [1.54, 1.807) is 25.1 Å². The molecule has 0 spiro atoms. The van der Waals surface area contributed by atoms with Gasteiger partial charge in [-0.1, -0.05) is 11.6 Å². The van der Waals surface area contributed by atoms with Crippen molar-refractivity contribution in [1.82, 2.24) is 14.8 Å². The number of ether oxygens (including phenoxy) is 1. The number of rotatable bonds is 3. The lowest BCUT2D eigenvalue weighted by Crippen LogP contribution is -2.52. The summed E-state index contributed by atoms with van der Waals surface area (Å²) in [5.41, 5.74) is 1.04. The zero-order chi connectivity index (χ0) is 18.0. The maximum absolute atomic E-state index is 12.6. The molecule has 25 heavy (non-hydrogen) atoms. The van der Waals surface area contributed by atoms with E-state index >= 15 is 0 Å². The van der Waals surface area contributed by atoms with Crippen molar-refractivity contribution in [1.29, 1.82) is 0 Å². The number of piperazine rings is 1. The van der Waals surface area contributed by atoms with Gasteiger partial charge in [-0.3, -0.25) is 9.59 Å². The highest BCUT2D eigenvalue weighted by atomic mass is 35.5. The number of ketones is 1. The number of aromatic amines is 1. The van der Waals surface area contributed by atoms with Crippen LogP contribution in [-0.4, -0.2) is 65.4 Å². The van der Waals surface area contributed by atoms with E-state index in [0.29, 0.717) is 48.8 Å². The first-order valence-electron chi connectivity index (χ1n) is 8.03. The van der Waals surface area contributed by atoms with Gasteiger partial charge in [0.25, 0.3) is 11.7 Å². The van der Waals surface area contributed by atoms with Gasteiger partial charge >= 0.3 is 6.09 Å². The average molecular weight is 364 g/mol. The number of halogens is 1. The molecule has 2 amide bonds. The third-order valence-corrected chi connectivity index (χ3v) is 4.41. The monoisotopic (exact) mass is 363 g/mol. The van der Waals surface area contributed by atoms with E-state index in [9.17, 15) is 14.4 Å². The lowest BCUT2D eigenvalue weighted by molar-refractivity contribution is -0.128. The lowest BCUT2D eigenvalue weighted by atomic mass is 10.1. The number of Topliss-reactive ketones (excluding diaryl/α,β-unsaturated/α-hetero) is 1. The maximum atomic E-state index is 12.6. The molecule has 1 N–H and O–H groups in total. The highest BCUT2D eigenvalue weighted by Gasteiger charge is 2.30. The second-order valence-electron chi connectivity index (χ2n) is 5.70. The van der Waals surface area contributed by atoms with Crippen LogP contribution in [0.25, 0.3) is 10.9 Å². The molecule has 3 rings (SSSR count). The van der Waals surface area contributed by atoms with Crippen molar-refractivity contribution in [2.45, 2.75) is 6.92 Å². The predicted octanol–water partition coefficient (Wildman–Crippen LogP) is 2.30. The molecule has 2 heterocycles. The fraction of sp³-hybridized carbons (Fsp3) is 0.353. The summed E-state index contributed by atoms with van der Waals surface area (Å²) in [5, 5.41) is 1.12. The molecule has 1 aromatic carbocycles. The summed E-state index contributed by atoms with van der Waals surface area (Å²) in [6, 6.07) is 5.13. The predicted molar refractivity (Wildman–Crippen MR) is 92.8 cm³/mol. The van der Waals surface area contributed by atoms with Crippen molar-refractivity contribution in [3.05, 3.63) is 35.0 Å². The number of aromatic nitrogens is 1. The molecule has 0 atom stereocenters. The number of nitrogens with zero attached hydrogens (tertiary/aromatic N) is 2. The van der Waals surface area contributed by atoms with Gasteiger partial charge in [-0.15, -0.1) is 0 Å².